The molecule has 2 aromatic rings. The van der Waals surface area contributed by atoms with Gasteiger partial charge >= 0.3 is 0 Å². The highest BCUT2D eigenvalue weighted by atomic mass is 35.5. The number of halogens is 1. The van der Waals surface area contributed by atoms with E-state index in [1.807, 2.05) is 0 Å². The minimum atomic E-state index is -0.826. The second-order valence-corrected chi connectivity index (χ2v) is 7.37. The molecule has 0 saturated carbocycles. The highest BCUT2D eigenvalue weighted by Gasteiger charge is 2.17. The summed E-state index contributed by atoms with van der Waals surface area (Å²) in [4.78, 5) is 0. The summed E-state index contributed by atoms with van der Waals surface area (Å²) >= 11 is 6.21. The number of hydrogen-bond donors (Lipinski definition) is 0. The minimum Gasteiger partial charge on any atom is -0.130 e. The Balaban J connectivity index is 2.46. The van der Waals surface area contributed by atoms with Crippen LogP contribution in [0.2, 0.25) is 0 Å². The van der Waals surface area contributed by atoms with Gasteiger partial charge in [0.25, 0.3) is 0 Å². The van der Waals surface area contributed by atoms with Crippen molar-refractivity contribution in [1.29, 1.82) is 0 Å². The predicted molar refractivity (Wildman–Crippen MR) is 78.1 cm³/mol. The van der Waals surface area contributed by atoms with E-state index in [4.69, 9.17) is 11.6 Å². The topological polar surface area (TPSA) is 0 Å². The van der Waals surface area contributed by atoms with Crippen LogP contribution in [0.3, 0.4) is 0 Å². The second kappa shape index (κ2) is 5.52. The zero-order valence-electron chi connectivity index (χ0n) is 10.2. The van der Waals surface area contributed by atoms with Gasteiger partial charge < -0.3 is 0 Å². The van der Waals surface area contributed by atoms with Crippen LogP contribution in [0.5, 0.6) is 0 Å². The fourth-order valence-electron chi connectivity index (χ4n) is 2.02. The lowest BCUT2D eigenvalue weighted by Crippen LogP contribution is -2.45. The SMILES string of the molecule is Cc1cccc([Si](CCl)c2ccccc2)c1C. The van der Waals surface area contributed by atoms with Crippen molar-refractivity contribution < 1.29 is 0 Å². The Kier molecular flexibility index (Phi) is 4.03. The van der Waals surface area contributed by atoms with E-state index in [2.05, 4.69) is 62.4 Å². The molecule has 87 valence electrons. The van der Waals surface area contributed by atoms with Crippen molar-refractivity contribution in [3.05, 3.63) is 59.7 Å². The van der Waals surface area contributed by atoms with E-state index >= 15 is 0 Å². The van der Waals surface area contributed by atoms with Crippen LogP contribution in [0, 0.1) is 13.8 Å². The molecule has 0 nitrogen and oxygen atoms in total. The summed E-state index contributed by atoms with van der Waals surface area (Å²) in [6.45, 7) is 4.36. The van der Waals surface area contributed by atoms with Crippen LogP contribution < -0.4 is 10.4 Å². The number of alkyl halides is 1. The molecule has 0 heterocycles. The van der Waals surface area contributed by atoms with E-state index in [1.54, 1.807) is 0 Å². The average molecular weight is 260 g/mol. The molecule has 0 spiro atoms. The lowest BCUT2D eigenvalue weighted by Gasteiger charge is -2.16. The largest absolute Gasteiger partial charge is 0.136 e. The van der Waals surface area contributed by atoms with Crippen LogP contribution in [0.15, 0.2) is 48.5 Å². The molecule has 17 heavy (non-hydrogen) atoms. The van der Waals surface area contributed by atoms with E-state index < -0.39 is 8.80 Å². The first-order valence-electron chi connectivity index (χ1n) is 5.78. The lowest BCUT2D eigenvalue weighted by molar-refractivity contribution is 1.36. The number of aryl methyl sites for hydroxylation is 1. The van der Waals surface area contributed by atoms with Crippen molar-refractivity contribution in [2.24, 2.45) is 0 Å². The lowest BCUT2D eigenvalue weighted by atomic mass is 10.1. The number of hydrogen-bond acceptors (Lipinski definition) is 0. The quantitative estimate of drug-likeness (QED) is 0.587. The van der Waals surface area contributed by atoms with Gasteiger partial charge in [-0.2, -0.15) is 0 Å². The van der Waals surface area contributed by atoms with Crippen molar-refractivity contribution >= 4 is 30.8 Å². The molecule has 0 aliphatic carbocycles. The summed E-state index contributed by atoms with van der Waals surface area (Å²) in [5.41, 5.74) is 3.47. The maximum absolute atomic E-state index is 6.21. The molecule has 0 amide bonds. The molecule has 2 heteroatoms. The highest BCUT2D eigenvalue weighted by molar-refractivity contribution is 6.89. The van der Waals surface area contributed by atoms with Crippen LogP contribution in [0.25, 0.3) is 0 Å². The van der Waals surface area contributed by atoms with Crippen molar-refractivity contribution in [1.82, 2.24) is 0 Å². The molecule has 0 aromatic heterocycles. The van der Waals surface area contributed by atoms with Crippen LogP contribution in [-0.4, -0.2) is 14.3 Å². The second-order valence-electron chi connectivity index (χ2n) is 4.23. The Morgan fingerprint density at radius 3 is 2.29 bits per heavy atom. The standard InChI is InChI=1S/C15H16ClSi/c1-12-7-6-10-15(13(12)2)17(11-16)14-8-4-3-5-9-14/h3-10H,11H2,1-2H3. The summed E-state index contributed by atoms with van der Waals surface area (Å²) < 4.78 is 0. The van der Waals surface area contributed by atoms with Gasteiger partial charge in [0.05, 0.1) is 0 Å². The molecule has 2 rings (SSSR count). The Bertz CT molecular complexity index is 494. The van der Waals surface area contributed by atoms with Gasteiger partial charge in [0.2, 0.25) is 0 Å². The molecule has 0 aliphatic heterocycles. The number of rotatable bonds is 3. The molecule has 2 aromatic carbocycles. The molecular weight excluding hydrogens is 244 g/mol. The summed E-state index contributed by atoms with van der Waals surface area (Å²) in [6.07, 6.45) is 0. The zero-order valence-corrected chi connectivity index (χ0v) is 12.0. The average Bonchev–Trinajstić information content (AvgIpc) is 2.37. The van der Waals surface area contributed by atoms with Crippen LogP contribution >= 0.6 is 11.6 Å². The van der Waals surface area contributed by atoms with E-state index in [1.165, 1.54) is 21.5 Å². The van der Waals surface area contributed by atoms with E-state index in [-0.39, 0.29) is 0 Å². The molecule has 0 N–H and O–H groups in total. The Morgan fingerprint density at radius 1 is 0.941 bits per heavy atom. The molecule has 0 saturated heterocycles. The minimum absolute atomic E-state index is 0.721. The molecule has 0 atom stereocenters. The Morgan fingerprint density at radius 2 is 1.65 bits per heavy atom. The molecule has 0 fully saturated rings. The third kappa shape index (κ3) is 2.62. The van der Waals surface area contributed by atoms with Crippen LogP contribution in [0.4, 0.5) is 0 Å². The zero-order chi connectivity index (χ0) is 12.3. The Labute approximate surface area is 110 Å². The maximum Gasteiger partial charge on any atom is 0.136 e. The fourth-order valence-corrected chi connectivity index (χ4v) is 5.07. The first kappa shape index (κ1) is 12.4. The van der Waals surface area contributed by atoms with Gasteiger partial charge in [-0.1, -0.05) is 58.9 Å². The van der Waals surface area contributed by atoms with Crippen molar-refractivity contribution in [3.63, 3.8) is 0 Å². The summed E-state index contributed by atoms with van der Waals surface area (Å²) in [7, 11) is -0.826. The Hall–Kier alpha value is -1.05. The molecule has 0 unspecified atom stereocenters. The third-order valence-corrected chi connectivity index (χ3v) is 6.48. The van der Waals surface area contributed by atoms with Crippen LogP contribution in [-0.2, 0) is 0 Å². The fraction of sp³-hybridized carbons (Fsp3) is 0.200. The number of benzene rings is 2. The van der Waals surface area contributed by atoms with Gasteiger partial charge in [0, 0.05) is 5.50 Å². The first-order chi connectivity index (χ1) is 8.24. The third-order valence-electron chi connectivity index (χ3n) is 3.19. The smallest absolute Gasteiger partial charge is 0.130 e. The van der Waals surface area contributed by atoms with Crippen LogP contribution in [0.1, 0.15) is 11.1 Å². The van der Waals surface area contributed by atoms with E-state index in [9.17, 15) is 0 Å². The molecular formula is C15H16ClSi. The van der Waals surface area contributed by atoms with Gasteiger partial charge in [-0.05, 0) is 25.0 Å². The maximum atomic E-state index is 6.21. The normalized spacial score (nSPS) is 10.8. The molecule has 0 aliphatic rings. The first-order valence-corrected chi connectivity index (χ1v) is 8.02. The van der Waals surface area contributed by atoms with Crippen molar-refractivity contribution in [2.45, 2.75) is 13.8 Å². The summed E-state index contributed by atoms with van der Waals surface area (Å²) in [5.74, 6) is 0. The van der Waals surface area contributed by atoms with Gasteiger partial charge in [-0.25, -0.2) is 0 Å². The monoisotopic (exact) mass is 259 g/mol. The molecule has 1 radical (unpaired) electrons. The van der Waals surface area contributed by atoms with Crippen molar-refractivity contribution in [2.75, 3.05) is 5.50 Å². The summed E-state index contributed by atoms with van der Waals surface area (Å²) in [6, 6.07) is 17.2. The van der Waals surface area contributed by atoms with Gasteiger partial charge in [-0.3, -0.25) is 0 Å². The van der Waals surface area contributed by atoms with E-state index in [0.29, 0.717) is 0 Å². The van der Waals surface area contributed by atoms with Gasteiger partial charge in [-0.15, -0.1) is 11.6 Å². The van der Waals surface area contributed by atoms with Crippen molar-refractivity contribution in [3.8, 4) is 0 Å². The van der Waals surface area contributed by atoms with E-state index in [0.717, 1.165) is 5.50 Å². The highest BCUT2D eigenvalue weighted by Crippen LogP contribution is 2.05. The molecule has 0 bridgehead atoms. The van der Waals surface area contributed by atoms with Gasteiger partial charge in [0.1, 0.15) is 8.80 Å². The summed E-state index contributed by atoms with van der Waals surface area (Å²) in [5, 5.41) is 2.83. The predicted octanol–water partition coefficient (Wildman–Crippen LogP) is 2.69. The van der Waals surface area contributed by atoms with Gasteiger partial charge in [0.15, 0.2) is 0 Å².